The first kappa shape index (κ1) is 21.8. The van der Waals surface area contributed by atoms with Gasteiger partial charge in [0.1, 0.15) is 23.4 Å². The minimum absolute atomic E-state index is 0.0726. The predicted molar refractivity (Wildman–Crippen MR) is 104 cm³/mol. The van der Waals surface area contributed by atoms with Gasteiger partial charge in [-0.3, -0.25) is 10.1 Å². The number of ether oxygens (including phenoxy) is 1. The number of hydrogen-bond donors (Lipinski definition) is 0. The highest BCUT2D eigenvalue weighted by Crippen LogP contribution is 2.36. The lowest BCUT2D eigenvalue weighted by molar-refractivity contribution is -0.384. The van der Waals surface area contributed by atoms with Crippen LogP contribution in [0, 0.1) is 10.1 Å². The fraction of sp³-hybridized carbons (Fsp3) is 0.200. The topological polar surface area (TPSA) is 103 Å². The molecule has 0 bridgehead atoms. The molecule has 0 N–H and O–H groups in total. The summed E-state index contributed by atoms with van der Waals surface area (Å²) in [6.07, 6.45) is -4.72. The van der Waals surface area contributed by atoms with Crippen molar-refractivity contribution in [1.29, 1.82) is 0 Å². The number of rotatable bonds is 6. The zero-order chi connectivity index (χ0) is 22.8. The van der Waals surface area contributed by atoms with Crippen molar-refractivity contribution in [3.63, 3.8) is 0 Å². The molecule has 0 spiro atoms. The molecular weight excluding hydrogens is 421 g/mol. The van der Waals surface area contributed by atoms with Crippen molar-refractivity contribution in [2.24, 2.45) is 0 Å². The molecule has 3 rings (SSSR count). The molecule has 1 heterocycles. The SMILES string of the molecule is CN(CCOC(=O)c1cc2ccccc2oc1=O)c1ccc(C(F)(F)F)cc1[N+](=O)[O-]. The largest absolute Gasteiger partial charge is 0.460 e. The van der Waals surface area contributed by atoms with Crippen LogP contribution in [0.15, 0.2) is 57.7 Å². The second-order valence-electron chi connectivity index (χ2n) is 6.50. The molecule has 0 aliphatic heterocycles. The molecule has 8 nitrogen and oxygen atoms in total. The normalized spacial score (nSPS) is 11.4. The first-order valence-corrected chi connectivity index (χ1v) is 8.84. The molecule has 1 aromatic heterocycles. The zero-order valence-electron chi connectivity index (χ0n) is 16.0. The number of fused-ring (bicyclic) bond motifs is 1. The lowest BCUT2D eigenvalue weighted by Gasteiger charge is -2.19. The lowest BCUT2D eigenvalue weighted by atomic mass is 10.1. The molecule has 0 fully saturated rings. The third kappa shape index (κ3) is 4.82. The van der Waals surface area contributed by atoms with Gasteiger partial charge in [-0.15, -0.1) is 0 Å². The van der Waals surface area contributed by atoms with E-state index in [0.717, 1.165) is 12.1 Å². The number of esters is 1. The van der Waals surface area contributed by atoms with Gasteiger partial charge >= 0.3 is 17.8 Å². The first-order valence-electron chi connectivity index (χ1n) is 8.84. The zero-order valence-corrected chi connectivity index (χ0v) is 16.0. The third-order valence-corrected chi connectivity index (χ3v) is 4.43. The molecule has 3 aromatic rings. The average Bonchev–Trinajstić information content (AvgIpc) is 2.71. The van der Waals surface area contributed by atoms with Gasteiger partial charge in [-0.25, -0.2) is 9.59 Å². The molecule has 0 aliphatic rings. The Kier molecular flexibility index (Phi) is 5.95. The summed E-state index contributed by atoms with van der Waals surface area (Å²) in [5, 5.41) is 11.7. The second-order valence-corrected chi connectivity index (χ2v) is 6.50. The van der Waals surface area contributed by atoms with Crippen LogP contribution in [0.1, 0.15) is 15.9 Å². The Labute approximate surface area is 172 Å². The molecule has 2 aromatic carbocycles. The van der Waals surface area contributed by atoms with E-state index in [1.807, 2.05) is 0 Å². The number of anilines is 1. The van der Waals surface area contributed by atoms with Gasteiger partial charge in [0.2, 0.25) is 0 Å². The van der Waals surface area contributed by atoms with E-state index < -0.39 is 33.9 Å². The summed E-state index contributed by atoms with van der Waals surface area (Å²) < 4.78 is 48.6. The van der Waals surface area contributed by atoms with Crippen molar-refractivity contribution in [3.8, 4) is 0 Å². The van der Waals surface area contributed by atoms with Gasteiger partial charge < -0.3 is 14.1 Å². The molecule has 0 aliphatic carbocycles. The van der Waals surface area contributed by atoms with Crippen molar-refractivity contribution < 1.29 is 32.0 Å². The van der Waals surface area contributed by atoms with Crippen LogP contribution in [0.3, 0.4) is 0 Å². The van der Waals surface area contributed by atoms with Gasteiger partial charge in [0, 0.05) is 18.5 Å². The van der Waals surface area contributed by atoms with Crippen LogP contribution in [0.4, 0.5) is 24.5 Å². The van der Waals surface area contributed by atoms with Crippen LogP contribution in [-0.4, -0.2) is 31.1 Å². The number of benzene rings is 2. The van der Waals surface area contributed by atoms with Crippen LogP contribution in [0.2, 0.25) is 0 Å². The molecule has 0 unspecified atom stereocenters. The van der Waals surface area contributed by atoms with E-state index in [4.69, 9.17) is 9.15 Å². The van der Waals surface area contributed by atoms with E-state index in [1.54, 1.807) is 24.3 Å². The molecule has 0 atom stereocenters. The number of para-hydroxylation sites is 1. The molecule has 31 heavy (non-hydrogen) atoms. The molecule has 0 saturated carbocycles. The minimum Gasteiger partial charge on any atom is -0.460 e. The highest BCUT2D eigenvalue weighted by Gasteiger charge is 2.33. The molecule has 0 amide bonds. The van der Waals surface area contributed by atoms with E-state index in [-0.39, 0.29) is 24.4 Å². The number of nitro benzene ring substituents is 1. The van der Waals surface area contributed by atoms with Crippen LogP contribution >= 0.6 is 0 Å². The fourth-order valence-corrected chi connectivity index (χ4v) is 2.85. The Bertz CT molecular complexity index is 1210. The predicted octanol–water partition coefficient (Wildman–Crippen LogP) is 4.01. The van der Waals surface area contributed by atoms with Gasteiger partial charge in [0.15, 0.2) is 0 Å². The number of carbonyl (C=O) groups is 1. The third-order valence-electron chi connectivity index (χ3n) is 4.43. The summed E-state index contributed by atoms with van der Waals surface area (Å²) in [6.45, 7) is -0.351. The maximum Gasteiger partial charge on any atom is 0.416 e. The van der Waals surface area contributed by atoms with E-state index in [1.165, 1.54) is 18.0 Å². The van der Waals surface area contributed by atoms with Gasteiger partial charge in [-0.1, -0.05) is 18.2 Å². The highest BCUT2D eigenvalue weighted by atomic mass is 19.4. The van der Waals surface area contributed by atoms with E-state index >= 15 is 0 Å². The molecular formula is C20H15F3N2O6. The van der Waals surface area contributed by atoms with Crippen molar-refractivity contribution in [2.75, 3.05) is 25.1 Å². The quantitative estimate of drug-likeness (QED) is 0.249. The number of nitro groups is 1. The number of alkyl halides is 3. The number of likely N-dealkylation sites (N-methyl/N-ethyl adjacent to an activating group) is 1. The van der Waals surface area contributed by atoms with Crippen molar-refractivity contribution >= 4 is 28.3 Å². The summed E-state index contributed by atoms with van der Waals surface area (Å²) in [4.78, 5) is 35.8. The van der Waals surface area contributed by atoms with Crippen molar-refractivity contribution in [2.45, 2.75) is 6.18 Å². The monoisotopic (exact) mass is 436 g/mol. The maximum absolute atomic E-state index is 12.8. The Hall–Kier alpha value is -3.89. The van der Waals surface area contributed by atoms with Gasteiger partial charge in [0.05, 0.1) is 17.0 Å². The van der Waals surface area contributed by atoms with E-state index in [2.05, 4.69) is 0 Å². The second kappa shape index (κ2) is 8.46. The van der Waals surface area contributed by atoms with Crippen LogP contribution < -0.4 is 10.5 Å². The summed E-state index contributed by atoms with van der Waals surface area (Å²) in [5.41, 5.74) is -2.86. The average molecular weight is 436 g/mol. The summed E-state index contributed by atoms with van der Waals surface area (Å²) in [6, 6.07) is 10.0. The van der Waals surface area contributed by atoms with Crippen molar-refractivity contribution in [1.82, 2.24) is 0 Å². The standard InChI is InChI=1S/C20H15F3N2O6/c1-24(15-7-6-13(20(21,22)23)11-16(15)25(28)29)8-9-30-18(26)14-10-12-4-2-3-5-17(12)31-19(14)27/h2-7,10-11H,8-9H2,1H3. The van der Waals surface area contributed by atoms with E-state index in [9.17, 15) is 32.9 Å². The smallest absolute Gasteiger partial charge is 0.416 e. The molecule has 11 heteroatoms. The summed E-state index contributed by atoms with van der Waals surface area (Å²) in [7, 11) is 1.40. The number of nitrogens with zero attached hydrogens (tertiary/aromatic N) is 2. The Morgan fingerprint density at radius 1 is 1.19 bits per heavy atom. The first-order chi connectivity index (χ1) is 14.6. The summed E-state index contributed by atoms with van der Waals surface area (Å²) in [5.74, 6) is -0.949. The lowest BCUT2D eigenvalue weighted by Crippen LogP contribution is -2.26. The number of carbonyl (C=O) groups excluding carboxylic acids is 1. The Balaban J connectivity index is 1.71. The molecule has 0 saturated heterocycles. The number of halogens is 3. The van der Waals surface area contributed by atoms with Crippen LogP contribution in [-0.2, 0) is 10.9 Å². The Morgan fingerprint density at radius 3 is 2.58 bits per heavy atom. The number of hydrogen-bond acceptors (Lipinski definition) is 7. The molecule has 0 radical (unpaired) electrons. The van der Waals surface area contributed by atoms with Gasteiger partial charge in [-0.05, 0) is 24.3 Å². The van der Waals surface area contributed by atoms with Crippen LogP contribution in [0.5, 0.6) is 0 Å². The van der Waals surface area contributed by atoms with Crippen LogP contribution in [0.25, 0.3) is 11.0 Å². The fourth-order valence-electron chi connectivity index (χ4n) is 2.85. The summed E-state index contributed by atoms with van der Waals surface area (Å²) >= 11 is 0. The van der Waals surface area contributed by atoms with Gasteiger partial charge in [-0.2, -0.15) is 13.2 Å². The Morgan fingerprint density at radius 2 is 1.90 bits per heavy atom. The van der Waals surface area contributed by atoms with Gasteiger partial charge in [0.25, 0.3) is 5.69 Å². The maximum atomic E-state index is 12.8. The highest BCUT2D eigenvalue weighted by molar-refractivity contribution is 5.92. The minimum atomic E-state index is -4.72. The molecule has 162 valence electrons. The van der Waals surface area contributed by atoms with E-state index in [0.29, 0.717) is 17.0 Å². The van der Waals surface area contributed by atoms with Crippen molar-refractivity contribution in [3.05, 3.63) is 80.2 Å².